The molecule has 0 spiro atoms. The number of rotatable bonds is 9. The summed E-state index contributed by atoms with van der Waals surface area (Å²) in [5.41, 5.74) is 0.344. The van der Waals surface area contributed by atoms with E-state index in [-0.39, 0.29) is 16.8 Å². The van der Waals surface area contributed by atoms with Crippen LogP contribution in [-0.2, 0) is 10.0 Å². The van der Waals surface area contributed by atoms with Crippen LogP contribution in [0.15, 0.2) is 29.2 Å². The first-order chi connectivity index (χ1) is 10.8. The van der Waals surface area contributed by atoms with Crippen LogP contribution in [0.4, 0.5) is 0 Å². The lowest BCUT2D eigenvalue weighted by Gasteiger charge is -2.18. The van der Waals surface area contributed by atoms with Crippen LogP contribution in [0.2, 0.25) is 0 Å². The van der Waals surface area contributed by atoms with Crippen molar-refractivity contribution in [2.24, 2.45) is 0 Å². The minimum Gasteiger partial charge on any atom is -0.351 e. The van der Waals surface area contributed by atoms with Gasteiger partial charge in [-0.2, -0.15) is 0 Å². The molecule has 6 nitrogen and oxygen atoms in total. The summed E-state index contributed by atoms with van der Waals surface area (Å²) in [5, 5.41) is 2.82. The van der Waals surface area contributed by atoms with Gasteiger partial charge in [-0.15, -0.1) is 0 Å². The largest absolute Gasteiger partial charge is 0.351 e. The van der Waals surface area contributed by atoms with Gasteiger partial charge in [0.05, 0.1) is 4.90 Å². The first kappa shape index (κ1) is 19.6. The van der Waals surface area contributed by atoms with Crippen LogP contribution in [0, 0.1) is 0 Å². The molecule has 0 bridgehead atoms. The van der Waals surface area contributed by atoms with Gasteiger partial charge in [0.25, 0.3) is 5.91 Å². The van der Waals surface area contributed by atoms with Crippen LogP contribution in [0.1, 0.15) is 38.1 Å². The second-order valence-electron chi connectivity index (χ2n) is 5.59. The van der Waals surface area contributed by atoms with Crippen LogP contribution in [0.5, 0.6) is 0 Å². The molecule has 0 aliphatic carbocycles. The Morgan fingerprint density at radius 1 is 1.22 bits per heavy atom. The van der Waals surface area contributed by atoms with Crippen molar-refractivity contribution in [3.8, 4) is 0 Å². The van der Waals surface area contributed by atoms with Gasteiger partial charge in [0.2, 0.25) is 10.0 Å². The predicted octanol–water partition coefficient (Wildman–Crippen LogP) is 1.44. The zero-order valence-electron chi connectivity index (χ0n) is 14.3. The number of hydrogen-bond acceptors (Lipinski definition) is 4. The van der Waals surface area contributed by atoms with Gasteiger partial charge in [-0.3, -0.25) is 4.79 Å². The number of hydrogen-bond donors (Lipinski definition) is 2. The number of nitrogens with one attached hydrogen (secondary N) is 2. The van der Waals surface area contributed by atoms with E-state index in [2.05, 4.69) is 28.8 Å². The standard InChI is InChI=1S/C16H27N3O3S/c1-5-19(6-2)11-10-17-16(20)14-8-7-9-15(12-14)23(21,22)18-13(3)4/h7-9,12-13,18H,5-6,10-11H2,1-4H3,(H,17,20). The van der Waals surface area contributed by atoms with Crippen LogP contribution in [0.25, 0.3) is 0 Å². The maximum absolute atomic E-state index is 12.2. The topological polar surface area (TPSA) is 78.5 Å². The van der Waals surface area contributed by atoms with Crippen LogP contribution < -0.4 is 10.0 Å². The molecule has 0 aromatic heterocycles. The molecule has 1 aromatic rings. The smallest absolute Gasteiger partial charge is 0.251 e. The second-order valence-corrected chi connectivity index (χ2v) is 7.30. The highest BCUT2D eigenvalue weighted by molar-refractivity contribution is 7.89. The van der Waals surface area contributed by atoms with Crippen LogP contribution in [0.3, 0.4) is 0 Å². The summed E-state index contributed by atoms with van der Waals surface area (Å²) < 4.78 is 26.8. The molecule has 2 N–H and O–H groups in total. The fourth-order valence-corrected chi connectivity index (χ4v) is 3.45. The summed E-state index contributed by atoms with van der Waals surface area (Å²) in [6.07, 6.45) is 0. The van der Waals surface area contributed by atoms with E-state index in [1.54, 1.807) is 26.0 Å². The average Bonchev–Trinajstić information content (AvgIpc) is 2.50. The van der Waals surface area contributed by atoms with Gasteiger partial charge in [-0.1, -0.05) is 19.9 Å². The Bertz CT molecular complexity index is 611. The molecule has 0 heterocycles. The van der Waals surface area contributed by atoms with Crippen molar-refractivity contribution in [1.29, 1.82) is 0 Å². The van der Waals surface area contributed by atoms with Gasteiger partial charge < -0.3 is 10.2 Å². The number of benzene rings is 1. The lowest BCUT2D eigenvalue weighted by Crippen LogP contribution is -2.35. The Balaban J connectivity index is 2.74. The van der Waals surface area contributed by atoms with Gasteiger partial charge in [0.15, 0.2) is 0 Å². The summed E-state index contributed by atoms with van der Waals surface area (Å²) >= 11 is 0. The van der Waals surface area contributed by atoms with Crippen molar-refractivity contribution < 1.29 is 13.2 Å². The van der Waals surface area contributed by atoms with Crippen LogP contribution in [-0.4, -0.2) is 51.4 Å². The number of carbonyl (C=O) groups is 1. The molecule has 0 aliphatic rings. The predicted molar refractivity (Wildman–Crippen MR) is 92.0 cm³/mol. The number of carbonyl (C=O) groups excluding carboxylic acids is 1. The Morgan fingerprint density at radius 2 is 1.87 bits per heavy atom. The molecule has 1 rings (SSSR count). The molecular formula is C16H27N3O3S. The minimum absolute atomic E-state index is 0.0996. The lowest BCUT2D eigenvalue weighted by atomic mass is 10.2. The van der Waals surface area contributed by atoms with Crippen molar-refractivity contribution >= 4 is 15.9 Å². The second kappa shape index (κ2) is 9.00. The maximum Gasteiger partial charge on any atom is 0.251 e. The maximum atomic E-state index is 12.2. The van der Waals surface area contributed by atoms with Crippen molar-refractivity contribution in [2.45, 2.75) is 38.6 Å². The molecule has 1 amide bonds. The van der Waals surface area contributed by atoms with E-state index in [0.717, 1.165) is 19.6 Å². The Morgan fingerprint density at radius 3 is 2.43 bits per heavy atom. The number of likely N-dealkylation sites (N-methyl/N-ethyl adjacent to an activating group) is 1. The van der Waals surface area contributed by atoms with Gasteiger partial charge in [0.1, 0.15) is 0 Å². The van der Waals surface area contributed by atoms with Crippen molar-refractivity contribution in [1.82, 2.24) is 14.9 Å². The number of sulfonamides is 1. The van der Waals surface area contributed by atoms with E-state index in [0.29, 0.717) is 12.1 Å². The number of amides is 1. The third-order valence-corrected chi connectivity index (χ3v) is 5.06. The normalized spacial score (nSPS) is 11.9. The zero-order valence-corrected chi connectivity index (χ0v) is 15.1. The molecule has 0 radical (unpaired) electrons. The highest BCUT2D eigenvalue weighted by Crippen LogP contribution is 2.12. The Kier molecular flexibility index (Phi) is 7.67. The van der Waals surface area contributed by atoms with Gasteiger partial charge >= 0.3 is 0 Å². The van der Waals surface area contributed by atoms with Crippen molar-refractivity contribution in [2.75, 3.05) is 26.2 Å². The molecule has 23 heavy (non-hydrogen) atoms. The SMILES string of the molecule is CCN(CC)CCNC(=O)c1cccc(S(=O)(=O)NC(C)C)c1. The summed E-state index contributed by atoms with van der Waals surface area (Å²) in [6, 6.07) is 5.87. The monoisotopic (exact) mass is 341 g/mol. The van der Waals surface area contributed by atoms with Crippen molar-refractivity contribution in [3.05, 3.63) is 29.8 Å². The van der Waals surface area contributed by atoms with E-state index in [4.69, 9.17) is 0 Å². The Hall–Kier alpha value is -1.44. The molecule has 0 unspecified atom stereocenters. The molecule has 7 heteroatoms. The van der Waals surface area contributed by atoms with E-state index in [9.17, 15) is 13.2 Å². The molecule has 1 aromatic carbocycles. The molecular weight excluding hydrogens is 314 g/mol. The van der Waals surface area contributed by atoms with Gasteiger partial charge in [0, 0.05) is 24.7 Å². The molecule has 0 fully saturated rings. The quantitative estimate of drug-likeness (QED) is 0.712. The third kappa shape index (κ3) is 6.29. The first-order valence-electron chi connectivity index (χ1n) is 7.93. The number of nitrogens with zero attached hydrogens (tertiary/aromatic N) is 1. The lowest BCUT2D eigenvalue weighted by molar-refractivity contribution is 0.0948. The fourth-order valence-electron chi connectivity index (χ4n) is 2.15. The highest BCUT2D eigenvalue weighted by atomic mass is 32.2. The summed E-state index contributed by atoms with van der Waals surface area (Å²) in [7, 11) is -3.60. The van der Waals surface area contributed by atoms with E-state index < -0.39 is 10.0 Å². The van der Waals surface area contributed by atoms with E-state index in [1.165, 1.54) is 12.1 Å². The van der Waals surface area contributed by atoms with Crippen molar-refractivity contribution in [3.63, 3.8) is 0 Å². The molecule has 0 aliphatic heterocycles. The van der Waals surface area contributed by atoms with E-state index >= 15 is 0 Å². The molecule has 0 atom stereocenters. The highest BCUT2D eigenvalue weighted by Gasteiger charge is 2.17. The van der Waals surface area contributed by atoms with Gasteiger partial charge in [-0.25, -0.2) is 13.1 Å². The molecule has 130 valence electrons. The summed E-state index contributed by atoms with van der Waals surface area (Å²) in [4.78, 5) is 14.5. The third-order valence-electron chi connectivity index (χ3n) is 3.41. The first-order valence-corrected chi connectivity index (χ1v) is 9.41. The fraction of sp³-hybridized carbons (Fsp3) is 0.562. The average molecular weight is 341 g/mol. The van der Waals surface area contributed by atoms with E-state index in [1.807, 2.05) is 0 Å². The zero-order chi connectivity index (χ0) is 17.5. The van der Waals surface area contributed by atoms with Gasteiger partial charge in [-0.05, 0) is 45.1 Å². The molecule has 0 saturated carbocycles. The molecule has 0 saturated heterocycles. The minimum atomic E-state index is -3.60. The Labute approximate surface area is 139 Å². The summed E-state index contributed by atoms with van der Waals surface area (Å²) in [5.74, 6) is -0.265. The summed E-state index contributed by atoms with van der Waals surface area (Å²) in [6.45, 7) is 10.8. The van der Waals surface area contributed by atoms with Crippen LogP contribution >= 0.6 is 0 Å².